The largest absolute Gasteiger partial charge is 0.325 e. The number of benzene rings is 2. The highest BCUT2D eigenvalue weighted by atomic mass is 32.1. The van der Waals surface area contributed by atoms with E-state index in [1.54, 1.807) is 23.5 Å². The molecular weight excluding hydrogens is 333 g/mol. The summed E-state index contributed by atoms with van der Waals surface area (Å²) in [5.41, 5.74) is 5.21. The van der Waals surface area contributed by atoms with Crippen molar-refractivity contribution >= 4 is 22.9 Å². The lowest BCUT2D eigenvalue weighted by atomic mass is 9.88. The summed E-state index contributed by atoms with van der Waals surface area (Å²) in [5.74, 6) is -0.154. The number of fused-ring (bicyclic) bond motifs is 1. The van der Waals surface area contributed by atoms with Crippen molar-refractivity contribution in [3.05, 3.63) is 75.7 Å². The molecule has 0 aliphatic carbocycles. The Morgan fingerprint density at radius 2 is 1.84 bits per heavy atom. The number of halogens is 1. The first-order chi connectivity index (χ1) is 12.2. The minimum Gasteiger partial charge on any atom is -0.325 e. The van der Waals surface area contributed by atoms with Crippen LogP contribution in [-0.2, 0) is 11.2 Å². The molecular formula is C21H18FNOS. The summed E-state index contributed by atoms with van der Waals surface area (Å²) >= 11 is 1.66. The normalized spacial score (nSPS) is 16.4. The van der Waals surface area contributed by atoms with Crippen LogP contribution in [0.4, 0.5) is 10.1 Å². The van der Waals surface area contributed by atoms with E-state index in [1.165, 1.54) is 28.1 Å². The van der Waals surface area contributed by atoms with Crippen molar-refractivity contribution in [1.82, 2.24) is 0 Å². The molecule has 0 spiro atoms. The molecule has 3 aromatic rings. The zero-order valence-corrected chi connectivity index (χ0v) is 14.7. The molecule has 4 heteroatoms. The second-order valence-corrected chi connectivity index (χ2v) is 7.21. The first kappa shape index (κ1) is 16.0. The molecule has 1 aliphatic rings. The van der Waals surface area contributed by atoms with Crippen molar-refractivity contribution < 1.29 is 9.18 Å². The van der Waals surface area contributed by atoms with Crippen LogP contribution in [-0.4, -0.2) is 5.91 Å². The number of rotatable bonds is 3. The van der Waals surface area contributed by atoms with Gasteiger partial charge in [0.1, 0.15) is 5.82 Å². The summed E-state index contributed by atoms with van der Waals surface area (Å²) in [6.07, 6.45) is 1.46. The fourth-order valence-corrected chi connectivity index (χ4v) is 4.48. The van der Waals surface area contributed by atoms with Crippen molar-refractivity contribution in [2.75, 3.05) is 5.32 Å². The molecule has 1 amide bonds. The summed E-state index contributed by atoms with van der Waals surface area (Å²) in [7, 11) is 0. The number of aryl methyl sites for hydroxylation is 1. The fraction of sp³-hybridized carbons (Fsp3) is 0.190. The summed E-state index contributed by atoms with van der Waals surface area (Å²) in [4.78, 5) is 13.5. The minimum absolute atomic E-state index is 0.0267. The predicted molar refractivity (Wildman–Crippen MR) is 101 cm³/mol. The third kappa shape index (κ3) is 2.98. The topological polar surface area (TPSA) is 29.1 Å². The average molecular weight is 351 g/mol. The number of thiophene rings is 1. The number of carbonyl (C=O) groups is 1. The first-order valence-electron chi connectivity index (χ1n) is 8.41. The number of hydrogen-bond donors (Lipinski definition) is 1. The summed E-state index contributed by atoms with van der Waals surface area (Å²) < 4.78 is 13.2. The van der Waals surface area contributed by atoms with Crippen molar-refractivity contribution in [3.8, 4) is 11.1 Å². The number of carbonyl (C=O) groups excluding carboxylic acids is 1. The fourth-order valence-electron chi connectivity index (χ4n) is 3.32. The van der Waals surface area contributed by atoms with E-state index in [-0.39, 0.29) is 17.6 Å². The van der Waals surface area contributed by atoms with Crippen LogP contribution >= 0.6 is 11.3 Å². The molecule has 0 saturated heterocycles. The summed E-state index contributed by atoms with van der Waals surface area (Å²) in [5, 5.41) is 5.07. The van der Waals surface area contributed by atoms with E-state index < -0.39 is 0 Å². The van der Waals surface area contributed by atoms with Crippen LogP contribution in [0.2, 0.25) is 0 Å². The highest BCUT2D eigenvalue weighted by molar-refractivity contribution is 7.11. The summed E-state index contributed by atoms with van der Waals surface area (Å²) in [6, 6.07) is 14.9. The Morgan fingerprint density at radius 1 is 1.12 bits per heavy atom. The molecule has 4 rings (SSSR count). The second-order valence-electron chi connectivity index (χ2n) is 6.30. The van der Waals surface area contributed by atoms with Gasteiger partial charge in [0.05, 0.1) is 5.69 Å². The van der Waals surface area contributed by atoms with Crippen LogP contribution in [0.3, 0.4) is 0 Å². The number of nitrogens with one attached hydrogen (secondary N) is 1. The van der Waals surface area contributed by atoms with Gasteiger partial charge in [-0.2, -0.15) is 0 Å². The lowest BCUT2D eigenvalue weighted by Gasteiger charge is -2.24. The van der Waals surface area contributed by atoms with E-state index in [1.807, 2.05) is 0 Å². The number of anilines is 1. The maximum absolute atomic E-state index is 13.2. The standard InChI is InChI=1S/C21H18FNOS/c1-2-13-3-5-14(6-4-13)17-11-19(24)23-20-18(12-25-21(17)20)15-7-9-16(22)10-8-15/h3-10,12,17H,2,11H2,1H3,(H,23,24)/t17-/m0/s1. The quantitative estimate of drug-likeness (QED) is 0.655. The first-order valence-corrected chi connectivity index (χ1v) is 9.29. The Labute approximate surface area is 150 Å². The SMILES string of the molecule is CCc1ccc([C@@H]2CC(=O)Nc3c(-c4ccc(F)cc4)csc32)cc1. The second kappa shape index (κ2) is 6.45. The summed E-state index contributed by atoms with van der Waals surface area (Å²) in [6.45, 7) is 2.13. The molecule has 1 atom stereocenters. The smallest absolute Gasteiger partial charge is 0.225 e. The monoisotopic (exact) mass is 351 g/mol. The molecule has 0 fully saturated rings. The molecule has 2 aromatic carbocycles. The van der Waals surface area contributed by atoms with Crippen molar-refractivity contribution in [3.63, 3.8) is 0 Å². The molecule has 0 unspecified atom stereocenters. The lowest BCUT2D eigenvalue weighted by Crippen LogP contribution is -2.22. The Balaban J connectivity index is 1.76. The van der Waals surface area contributed by atoms with E-state index >= 15 is 0 Å². The van der Waals surface area contributed by atoms with Crippen LogP contribution < -0.4 is 5.32 Å². The van der Waals surface area contributed by atoms with E-state index in [2.05, 4.69) is 41.9 Å². The Hall–Kier alpha value is -2.46. The molecule has 0 bridgehead atoms. The Bertz CT molecular complexity index is 912. The van der Waals surface area contributed by atoms with E-state index in [4.69, 9.17) is 0 Å². The van der Waals surface area contributed by atoms with Crippen LogP contribution in [0, 0.1) is 5.82 Å². The maximum Gasteiger partial charge on any atom is 0.225 e. The third-order valence-corrected chi connectivity index (χ3v) is 5.83. The molecule has 1 aliphatic heterocycles. The molecule has 25 heavy (non-hydrogen) atoms. The van der Waals surface area contributed by atoms with Crippen molar-refractivity contribution in [2.45, 2.75) is 25.7 Å². The van der Waals surface area contributed by atoms with Crippen LogP contribution in [0.1, 0.15) is 35.3 Å². The molecule has 2 heterocycles. The Kier molecular flexibility index (Phi) is 4.14. The lowest BCUT2D eigenvalue weighted by molar-refractivity contribution is -0.116. The van der Waals surface area contributed by atoms with Gasteiger partial charge in [-0.15, -0.1) is 11.3 Å². The third-order valence-electron chi connectivity index (χ3n) is 4.74. The van der Waals surface area contributed by atoms with Gasteiger partial charge in [-0.1, -0.05) is 43.3 Å². The van der Waals surface area contributed by atoms with Crippen molar-refractivity contribution in [1.29, 1.82) is 0 Å². The van der Waals surface area contributed by atoms with Gasteiger partial charge in [-0.3, -0.25) is 4.79 Å². The maximum atomic E-state index is 13.2. The van der Waals surface area contributed by atoms with E-state index in [0.717, 1.165) is 23.2 Å². The van der Waals surface area contributed by atoms with Gasteiger partial charge < -0.3 is 5.32 Å². The van der Waals surface area contributed by atoms with Crippen LogP contribution in [0.25, 0.3) is 11.1 Å². The average Bonchev–Trinajstić information content (AvgIpc) is 3.05. The van der Waals surface area contributed by atoms with Gasteiger partial charge in [-0.05, 0) is 35.2 Å². The molecule has 1 N–H and O–H groups in total. The van der Waals surface area contributed by atoms with Gasteiger partial charge in [-0.25, -0.2) is 4.39 Å². The zero-order valence-electron chi connectivity index (χ0n) is 13.9. The molecule has 1 aromatic heterocycles. The predicted octanol–water partition coefficient (Wildman–Crippen LogP) is 5.59. The Morgan fingerprint density at radius 3 is 2.52 bits per heavy atom. The molecule has 126 valence electrons. The molecule has 0 radical (unpaired) electrons. The van der Waals surface area contributed by atoms with Gasteiger partial charge in [0.25, 0.3) is 0 Å². The van der Waals surface area contributed by atoms with Gasteiger partial charge >= 0.3 is 0 Å². The minimum atomic E-state index is -0.259. The van der Waals surface area contributed by atoms with E-state index in [9.17, 15) is 9.18 Å². The van der Waals surface area contributed by atoms with Gasteiger partial charge in [0.15, 0.2) is 0 Å². The van der Waals surface area contributed by atoms with Gasteiger partial charge in [0, 0.05) is 28.2 Å². The molecule has 0 saturated carbocycles. The highest BCUT2D eigenvalue weighted by Gasteiger charge is 2.30. The molecule has 2 nitrogen and oxygen atoms in total. The van der Waals surface area contributed by atoms with E-state index in [0.29, 0.717) is 6.42 Å². The number of hydrogen-bond acceptors (Lipinski definition) is 2. The van der Waals surface area contributed by atoms with Gasteiger partial charge in [0.2, 0.25) is 5.91 Å². The van der Waals surface area contributed by atoms with Crippen LogP contribution in [0.15, 0.2) is 53.9 Å². The highest BCUT2D eigenvalue weighted by Crippen LogP contribution is 2.46. The number of amides is 1. The van der Waals surface area contributed by atoms with Crippen LogP contribution in [0.5, 0.6) is 0 Å². The van der Waals surface area contributed by atoms with Crippen molar-refractivity contribution in [2.24, 2.45) is 0 Å². The zero-order chi connectivity index (χ0) is 17.4.